The molecule has 2 bridgehead atoms. The normalized spacial score (nSPS) is 41.5. The summed E-state index contributed by atoms with van der Waals surface area (Å²) >= 11 is 0. The van der Waals surface area contributed by atoms with Gasteiger partial charge in [0.2, 0.25) is 5.91 Å². The fraction of sp³-hybridized carbons (Fsp3) is 0.938. The molecular weight excluding hydrogens is 236 g/mol. The maximum absolute atomic E-state index is 12.8. The van der Waals surface area contributed by atoms with E-state index in [1.807, 2.05) is 7.05 Å². The van der Waals surface area contributed by atoms with Gasteiger partial charge in [-0.15, -0.1) is 0 Å². The average Bonchev–Trinajstić information content (AvgIpc) is 3.08. The zero-order valence-electron chi connectivity index (χ0n) is 12.2. The van der Waals surface area contributed by atoms with Gasteiger partial charge in [-0.05, 0) is 56.4 Å². The average molecular weight is 264 g/mol. The number of nitrogens with zero attached hydrogens (tertiary/aromatic N) is 1. The van der Waals surface area contributed by atoms with Gasteiger partial charge in [0, 0.05) is 19.0 Å². The highest BCUT2D eigenvalue weighted by molar-refractivity contribution is 5.79. The van der Waals surface area contributed by atoms with E-state index in [0.717, 1.165) is 25.3 Å². The van der Waals surface area contributed by atoms with Crippen molar-refractivity contribution in [2.75, 3.05) is 13.6 Å². The van der Waals surface area contributed by atoms with Gasteiger partial charge < -0.3 is 10.6 Å². The van der Waals surface area contributed by atoms with Crippen LogP contribution in [0.25, 0.3) is 0 Å². The number of carbonyl (C=O) groups excluding carboxylic acids is 1. The molecule has 0 aromatic rings. The van der Waals surface area contributed by atoms with Crippen molar-refractivity contribution in [1.82, 2.24) is 4.90 Å². The summed E-state index contributed by atoms with van der Waals surface area (Å²) < 4.78 is 0. The Morgan fingerprint density at radius 3 is 2.58 bits per heavy atom. The number of fused-ring (bicyclic) bond motifs is 2. The first-order chi connectivity index (χ1) is 9.20. The number of hydrogen-bond donors (Lipinski definition) is 1. The third-order valence-electron chi connectivity index (χ3n) is 6.07. The smallest absolute Gasteiger partial charge is 0.225 e. The Bertz CT molecular complexity index is 344. The minimum absolute atomic E-state index is 0.337. The van der Waals surface area contributed by atoms with Crippen molar-refractivity contribution < 1.29 is 4.79 Å². The second-order valence-corrected chi connectivity index (χ2v) is 7.08. The zero-order chi connectivity index (χ0) is 13.4. The van der Waals surface area contributed by atoms with Gasteiger partial charge in [-0.1, -0.05) is 19.3 Å². The van der Waals surface area contributed by atoms with E-state index in [0.29, 0.717) is 29.7 Å². The molecule has 5 atom stereocenters. The third kappa shape index (κ3) is 2.42. The van der Waals surface area contributed by atoms with E-state index in [2.05, 4.69) is 4.90 Å². The summed E-state index contributed by atoms with van der Waals surface area (Å²) in [4.78, 5) is 14.9. The maximum atomic E-state index is 12.8. The predicted octanol–water partition coefficient (Wildman–Crippen LogP) is 2.40. The van der Waals surface area contributed by atoms with E-state index in [4.69, 9.17) is 5.73 Å². The van der Waals surface area contributed by atoms with Crippen molar-refractivity contribution in [1.29, 1.82) is 0 Å². The molecule has 1 amide bonds. The van der Waals surface area contributed by atoms with Crippen LogP contribution in [0.3, 0.4) is 0 Å². The first-order valence-corrected chi connectivity index (χ1v) is 8.17. The molecule has 5 unspecified atom stereocenters. The Kier molecular flexibility index (Phi) is 3.84. The van der Waals surface area contributed by atoms with Gasteiger partial charge >= 0.3 is 0 Å². The Morgan fingerprint density at radius 2 is 1.95 bits per heavy atom. The molecule has 19 heavy (non-hydrogen) atoms. The van der Waals surface area contributed by atoms with Gasteiger partial charge in [-0.25, -0.2) is 0 Å². The van der Waals surface area contributed by atoms with Crippen molar-refractivity contribution in [2.45, 2.75) is 57.4 Å². The van der Waals surface area contributed by atoms with Crippen molar-refractivity contribution in [3.05, 3.63) is 0 Å². The Morgan fingerprint density at radius 1 is 1.16 bits per heavy atom. The van der Waals surface area contributed by atoms with E-state index >= 15 is 0 Å². The van der Waals surface area contributed by atoms with Crippen molar-refractivity contribution in [2.24, 2.45) is 29.4 Å². The van der Waals surface area contributed by atoms with Gasteiger partial charge in [-0.2, -0.15) is 0 Å². The molecule has 3 nitrogen and oxygen atoms in total. The van der Waals surface area contributed by atoms with Crippen LogP contribution in [-0.2, 0) is 4.79 Å². The third-order valence-corrected chi connectivity index (χ3v) is 6.07. The largest absolute Gasteiger partial charge is 0.342 e. The Balaban J connectivity index is 1.65. The fourth-order valence-electron chi connectivity index (χ4n) is 4.95. The minimum atomic E-state index is 0.337. The summed E-state index contributed by atoms with van der Waals surface area (Å²) in [6.07, 6.45) is 10.0. The summed E-state index contributed by atoms with van der Waals surface area (Å²) in [6.45, 7) is 0.735. The molecule has 3 rings (SSSR count). The van der Waals surface area contributed by atoms with Crippen LogP contribution in [0.5, 0.6) is 0 Å². The summed E-state index contributed by atoms with van der Waals surface area (Å²) in [5, 5.41) is 0. The van der Waals surface area contributed by atoms with Crippen molar-refractivity contribution >= 4 is 5.91 Å². The fourth-order valence-corrected chi connectivity index (χ4v) is 4.95. The lowest BCUT2D eigenvalue weighted by molar-refractivity contribution is -0.139. The molecule has 0 saturated heterocycles. The molecule has 0 aromatic carbocycles. The Hall–Kier alpha value is -0.570. The molecule has 0 heterocycles. The van der Waals surface area contributed by atoms with Gasteiger partial charge in [0.25, 0.3) is 0 Å². The lowest BCUT2D eigenvalue weighted by atomic mass is 9.82. The van der Waals surface area contributed by atoms with Gasteiger partial charge in [-0.3, -0.25) is 4.79 Å². The first kappa shape index (κ1) is 13.4. The number of rotatable bonds is 3. The number of amides is 1. The molecule has 108 valence electrons. The molecule has 0 aliphatic heterocycles. The topological polar surface area (TPSA) is 46.3 Å². The molecule has 0 aromatic heterocycles. The van der Waals surface area contributed by atoms with Crippen LogP contribution in [-0.4, -0.2) is 30.4 Å². The summed E-state index contributed by atoms with van der Waals surface area (Å²) in [5.41, 5.74) is 5.91. The number of nitrogens with two attached hydrogens (primary N) is 1. The van der Waals surface area contributed by atoms with Crippen LogP contribution in [0, 0.1) is 23.7 Å². The minimum Gasteiger partial charge on any atom is -0.342 e. The highest BCUT2D eigenvalue weighted by Crippen LogP contribution is 2.49. The van der Waals surface area contributed by atoms with Gasteiger partial charge in [0.05, 0.1) is 0 Å². The molecule has 2 N–H and O–H groups in total. The van der Waals surface area contributed by atoms with E-state index in [-0.39, 0.29) is 0 Å². The molecule has 0 spiro atoms. The summed E-state index contributed by atoms with van der Waals surface area (Å²) in [7, 11) is 2.03. The lowest BCUT2D eigenvalue weighted by Gasteiger charge is -2.39. The highest BCUT2D eigenvalue weighted by atomic mass is 16.2. The van der Waals surface area contributed by atoms with E-state index in [1.165, 1.54) is 38.5 Å². The molecule has 3 heteroatoms. The van der Waals surface area contributed by atoms with Crippen LogP contribution in [0.4, 0.5) is 0 Å². The lowest BCUT2D eigenvalue weighted by Crippen LogP contribution is -2.48. The SMILES string of the molecule is CN(C(=O)C1CC2CCC1C2)C1CCCCC1CN. The predicted molar refractivity (Wildman–Crippen MR) is 76.5 cm³/mol. The first-order valence-electron chi connectivity index (χ1n) is 8.17. The van der Waals surface area contributed by atoms with Crippen LogP contribution in [0.1, 0.15) is 51.4 Å². The van der Waals surface area contributed by atoms with Crippen LogP contribution in [0.2, 0.25) is 0 Å². The summed E-state index contributed by atoms with van der Waals surface area (Å²) in [5.74, 6) is 2.84. The molecule has 0 radical (unpaired) electrons. The highest BCUT2D eigenvalue weighted by Gasteiger charge is 2.45. The molecule has 3 saturated carbocycles. The number of carbonyl (C=O) groups is 1. The standard InChI is InChI=1S/C16H28N2O/c1-18(15-5-3-2-4-13(15)10-17)16(19)14-9-11-6-7-12(14)8-11/h11-15H,2-10,17H2,1H3. The molecule has 3 fully saturated rings. The zero-order valence-corrected chi connectivity index (χ0v) is 12.2. The Labute approximate surface area is 116 Å². The van der Waals surface area contributed by atoms with E-state index in [1.54, 1.807) is 0 Å². The van der Waals surface area contributed by atoms with Gasteiger partial charge in [0.1, 0.15) is 0 Å². The second kappa shape index (κ2) is 5.43. The second-order valence-electron chi connectivity index (χ2n) is 7.08. The molecule has 3 aliphatic rings. The van der Waals surface area contributed by atoms with Crippen molar-refractivity contribution in [3.8, 4) is 0 Å². The maximum Gasteiger partial charge on any atom is 0.225 e. The monoisotopic (exact) mass is 264 g/mol. The summed E-state index contributed by atoms with van der Waals surface area (Å²) in [6, 6.07) is 0.408. The van der Waals surface area contributed by atoms with E-state index in [9.17, 15) is 4.79 Å². The quantitative estimate of drug-likeness (QED) is 0.851. The number of hydrogen-bond acceptors (Lipinski definition) is 2. The van der Waals surface area contributed by atoms with E-state index < -0.39 is 0 Å². The van der Waals surface area contributed by atoms with Crippen molar-refractivity contribution in [3.63, 3.8) is 0 Å². The van der Waals surface area contributed by atoms with Crippen LogP contribution in [0.15, 0.2) is 0 Å². The van der Waals surface area contributed by atoms with Gasteiger partial charge in [0.15, 0.2) is 0 Å². The molecule has 3 aliphatic carbocycles. The molecular formula is C16H28N2O. The van der Waals surface area contributed by atoms with Crippen LogP contribution >= 0.6 is 0 Å². The van der Waals surface area contributed by atoms with Crippen LogP contribution < -0.4 is 5.73 Å².